The Hall–Kier alpha value is -2.61. The molecule has 0 aliphatic heterocycles. The van der Waals surface area contributed by atoms with Crippen LogP contribution < -0.4 is 9.64 Å². The summed E-state index contributed by atoms with van der Waals surface area (Å²) in [5.41, 5.74) is 1.94. The van der Waals surface area contributed by atoms with Crippen molar-refractivity contribution >= 4 is 5.69 Å². The smallest absolute Gasteiger partial charge is 0.167 e. The molecule has 0 saturated carbocycles. The minimum Gasteiger partial charge on any atom is -0.490 e. The second-order valence-electron chi connectivity index (χ2n) is 5.38. The maximum absolute atomic E-state index is 13.5. The average molecular weight is 316 g/mol. The van der Waals surface area contributed by atoms with E-state index in [0.29, 0.717) is 6.42 Å². The summed E-state index contributed by atoms with van der Waals surface area (Å²) < 4.78 is 31.6. The van der Waals surface area contributed by atoms with Crippen LogP contribution in [0.2, 0.25) is 0 Å². The van der Waals surface area contributed by atoms with Gasteiger partial charge in [0.1, 0.15) is 5.82 Å². The molecular weight excluding hydrogens is 298 g/mol. The van der Waals surface area contributed by atoms with E-state index in [0.717, 1.165) is 23.4 Å². The monoisotopic (exact) mass is 316 g/mol. The molecule has 1 atom stereocenters. The van der Waals surface area contributed by atoms with Crippen LogP contribution in [0.15, 0.2) is 42.5 Å². The van der Waals surface area contributed by atoms with Crippen molar-refractivity contribution in [2.45, 2.75) is 12.3 Å². The zero-order valence-corrected chi connectivity index (χ0v) is 13.1. The van der Waals surface area contributed by atoms with Crippen LogP contribution in [0.4, 0.5) is 14.5 Å². The maximum atomic E-state index is 13.5. The minimum absolute atomic E-state index is 0.00829. The van der Waals surface area contributed by atoms with Crippen LogP contribution in [0.5, 0.6) is 5.75 Å². The van der Waals surface area contributed by atoms with Crippen LogP contribution >= 0.6 is 0 Å². The van der Waals surface area contributed by atoms with Gasteiger partial charge in [-0.05, 0) is 29.8 Å². The first kappa shape index (κ1) is 16.8. The third-order valence-corrected chi connectivity index (χ3v) is 3.53. The molecule has 0 saturated heterocycles. The van der Waals surface area contributed by atoms with Gasteiger partial charge >= 0.3 is 0 Å². The van der Waals surface area contributed by atoms with E-state index in [2.05, 4.69) is 6.07 Å². The molecule has 0 amide bonds. The number of benzene rings is 2. The molecular formula is C18H18F2N2O. The Morgan fingerprint density at radius 2 is 1.83 bits per heavy atom. The van der Waals surface area contributed by atoms with E-state index in [9.17, 15) is 14.0 Å². The molecule has 2 aromatic rings. The van der Waals surface area contributed by atoms with Gasteiger partial charge in [0.05, 0.1) is 18.6 Å². The third kappa shape index (κ3) is 4.43. The van der Waals surface area contributed by atoms with Crippen LogP contribution in [0.3, 0.4) is 0 Å². The molecule has 0 aliphatic carbocycles. The first-order chi connectivity index (χ1) is 11.0. The molecule has 0 N–H and O–H groups in total. The van der Waals surface area contributed by atoms with Gasteiger partial charge in [-0.25, -0.2) is 8.78 Å². The van der Waals surface area contributed by atoms with Gasteiger partial charge in [-0.2, -0.15) is 5.26 Å². The van der Waals surface area contributed by atoms with E-state index >= 15 is 0 Å². The number of hydrogen-bond donors (Lipinski definition) is 0. The average Bonchev–Trinajstić information content (AvgIpc) is 2.53. The highest BCUT2D eigenvalue weighted by Crippen LogP contribution is 2.23. The molecule has 1 unspecified atom stereocenters. The zero-order chi connectivity index (χ0) is 16.8. The van der Waals surface area contributed by atoms with Crippen molar-refractivity contribution in [2.24, 2.45) is 0 Å². The summed E-state index contributed by atoms with van der Waals surface area (Å²) in [4.78, 5) is 1.98. The van der Waals surface area contributed by atoms with Gasteiger partial charge in [0.15, 0.2) is 11.6 Å². The number of nitriles is 1. The van der Waals surface area contributed by atoms with Crippen LogP contribution in [-0.4, -0.2) is 20.7 Å². The van der Waals surface area contributed by atoms with Crippen molar-refractivity contribution in [1.82, 2.24) is 0 Å². The third-order valence-electron chi connectivity index (χ3n) is 3.53. The Morgan fingerprint density at radius 1 is 1.13 bits per heavy atom. The van der Waals surface area contributed by atoms with Crippen molar-refractivity contribution < 1.29 is 13.5 Å². The van der Waals surface area contributed by atoms with E-state index in [1.54, 1.807) is 0 Å². The predicted molar refractivity (Wildman–Crippen MR) is 85.6 cm³/mol. The Labute approximate surface area is 134 Å². The van der Waals surface area contributed by atoms with Crippen molar-refractivity contribution in [3.63, 3.8) is 0 Å². The summed E-state index contributed by atoms with van der Waals surface area (Å²) in [6, 6.07) is 13.1. The van der Waals surface area contributed by atoms with Gasteiger partial charge < -0.3 is 9.64 Å². The van der Waals surface area contributed by atoms with Gasteiger partial charge in [0.25, 0.3) is 0 Å². The fraction of sp³-hybridized carbons (Fsp3) is 0.278. The van der Waals surface area contributed by atoms with Gasteiger partial charge in [-0.3, -0.25) is 0 Å². The minimum atomic E-state index is -0.742. The highest BCUT2D eigenvalue weighted by atomic mass is 19.1. The number of rotatable bonds is 6. The molecule has 0 heterocycles. The highest BCUT2D eigenvalue weighted by molar-refractivity contribution is 5.47. The van der Waals surface area contributed by atoms with Gasteiger partial charge in [0, 0.05) is 32.3 Å². The predicted octanol–water partition coefficient (Wildman–Crippen LogP) is 4.11. The van der Waals surface area contributed by atoms with E-state index in [-0.39, 0.29) is 18.3 Å². The summed E-state index contributed by atoms with van der Waals surface area (Å²) in [6.45, 7) is 0.177. The molecule has 23 heavy (non-hydrogen) atoms. The Morgan fingerprint density at radius 3 is 2.39 bits per heavy atom. The molecule has 120 valence electrons. The fourth-order valence-electron chi connectivity index (χ4n) is 2.19. The van der Waals surface area contributed by atoms with Crippen LogP contribution in [0.1, 0.15) is 17.9 Å². The molecule has 5 heteroatoms. The normalized spacial score (nSPS) is 11.6. The molecule has 2 aromatic carbocycles. The fourth-order valence-corrected chi connectivity index (χ4v) is 2.19. The van der Waals surface area contributed by atoms with Crippen LogP contribution in [-0.2, 0) is 0 Å². The molecule has 0 aromatic heterocycles. The van der Waals surface area contributed by atoms with Crippen molar-refractivity contribution in [3.05, 3.63) is 59.7 Å². The van der Waals surface area contributed by atoms with E-state index in [1.165, 1.54) is 6.07 Å². The molecule has 0 fully saturated rings. The first-order valence-electron chi connectivity index (χ1n) is 7.26. The van der Waals surface area contributed by atoms with Crippen LogP contribution in [0, 0.1) is 23.0 Å². The molecule has 0 bridgehead atoms. The van der Waals surface area contributed by atoms with Crippen molar-refractivity contribution in [1.29, 1.82) is 5.26 Å². The topological polar surface area (TPSA) is 36.3 Å². The summed E-state index contributed by atoms with van der Waals surface area (Å²) in [7, 11) is 3.89. The largest absolute Gasteiger partial charge is 0.490 e. The van der Waals surface area contributed by atoms with Gasteiger partial charge in [-0.15, -0.1) is 0 Å². The number of halogens is 2. The van der Waals surface area contributed by atoms with E-state index in [1.807, 2.05) is 43.3 Å². The molecule has 0 spiro atoms. The van der Waals surface area contributed by atoms with E-state index in [4.69, 9.17) is 4.74 Å². The zero-order valence-electron chi connectivity index (χ0n) is 13.1. The summed E-state index contributed by atoms with van der Waals surface area (Å²) in [6.07, 6.45) is 0.425. The lowest BCUT2D eigenvalue weighted by Gasteiger charge is -2.15. The summed E-state index contributed by atoms with van der Waals surface area (Å²) in [5.74, 6) is -1.74. The Balaban J connectivity index is 1.96. The second-order valence-corrected chi connectivity index (χ2v) is 5.38. The molecule has 0 aliphatic rings. The van der Waals surface area contributed by atoms with Gasteiger partial charge in [0.2, 0.25) is 0 Å². The SMILES string of the molecule is CN(C)c1ccc(C(C#N)CCOc2ccc(F)cc2F)cc1. The summed E-state index contributed by atoms with van der Waals surface area (Å²) in [5, 5.41) is 9.31. The molecule has 0 radical (unpaired) electrons. The lowest BCUT2D eigenvalue weighted by molar-refractivity contribution is 0.290. The van der Waals surface area contributed by atoms with E-state index < -0.39 is 11.6 Å². The second kappa shape index (κ2) is 7.59. The number of hydrogen-bond acceptors (Lipinski definition) is 3. The Bertz CT molecular complexity index is 693. The Kier molecular flexibility index (Phi) is 5.53. The standard InChI is InChI=1S/C18H18F2N2O/c1-22(2)16-6-3-13(4-7-16)14(12-21)9-10-23-18-8-5-15(19)11-17(18)20/h3-8,11,14H,9-10H2,1-2H3. The van der Waals surface area contributed by atoms with Crippen LogP contribution in [0.25, 0.3) is 0 Å². The molecule has 3 nitrogen and oxygen atoms in total. The number of ether oxygens (including phenoxy) is 1. The lowest BCUT2D eigenvalue weighted by atomic mass is 9.97. The first-order valence-corrected chi connectivity index (χ1v) is 7.26. The number of nitrogens with zero attached hydrogens (tertiary/aromatic N) is 2. The number of anilines is 1. The van der Waals surface area contributed by atoms with Crippen molar-refractivity contribution in [3.8, 4) is 11.8 Å². The lowest BCUT2D eigenvalue weighted by Crippen LogP contribution is -2.09. The summed E-state index contributed by atoms with van der Waals surface area (Å²) >= 11 is 0. The van der Waals surface area contributed by atoms with Gasteiger partial charge in [-0.1, -0.05) is 12.1 Å². The molecule has 2 rings (SSSR count). The quantitative estimate of drug-likeness (QED) is 0.805. The maximum Gasteiger partial charge on any atom is 0.167 e. The highest BCUT2D eigenvalue weighted by Gasteiger charge is 2.12. The van der Waals surface area contributed by atoms with Crippen molar-refractivity contribution in [2.75, 3.05) is 25.6 Å².